The van der Waals surface area contributed by atoms with Crippen LogP contribution in [0.4, 0.5) is 0 Å². The summed E-state index contributed by atoms with van der Waals surface area (Å²) in [5.74, 6) is -1.81. The maximum Gasteiger partial charge on any atom is 0.331 e. The molecule has 22 heavy (non-hydrogen) atoms. The zero-order valence-electron chi connectivity index (χ0n) is 11.1. The Morgan fingerprint density at radius 1 is 1.45 bits per heavy atom. The Labute approximate surface area is 123 Å². The van der Waals surface area contributed by atoms with Gasteiger partial charge in [0.05, 0.1) is 0 Å². The number of hydrogen-bond acceptors (Lipinski definition) is 7. The molecule has 0 aliphatic heterocycles. The normalized spacial score (nSPS) is 10.7. The number of nitrogens with two attached hydrogens (primary N) is 1. The van der Waals surface area contributed by atoms with E-state index in [1.54, 1.807) is 18.2 Å². The second-order valence-corrected chi connectivity index (χ2v) is 4.09. The van der Waals surface area contributed by atoms with Crippen LogP contribution < -0.4 is 10.6 Å². The Kier molecular flexibility index (Phi) is 4.37. The lowest BCUT2D eigenvalue weighted by atomic mass is 10.2. The lowest BCUT2D eigenvalue weighted by Crippen LogP contribution is -2.35. The molecule has 0 radical (unpaired) electrons. The molecule has 0 atom stereocenters. The molecular formula is C13H11N3O6. The van der Waals surface area contributed by atoms with E-state index in [1.807, 2.05) is 0 Å². The van der Waals surface area contributed by atoms with Gasteiger partial charge in [0, 0.05) is 16.8 Å². The van der Waals surface area contributed by atoms with Crippen LogP contribution >= 0.6 is 0 Å². The maximum absolute atomic E-state index is 11.5. The maximum atomic E-state index is 11.5. The van der Waals surface area contributed by atoms with Crippen molar-refractivity contribution in [2.45, 2.75) is 6.61 Å². The van der Waals surface area contributed by atoms with Crippen molar-refractivity contribution in [2.24, 2.45) is 5.73 Å². The van der Waals surface area contributed by atoms with Gasteiger partial charge in [0.25, 0.3) is 17.3 Å². The highest BCUT2D eigenvalue weighted by atomic mass is 16.8. The highest BCUT2D eigenvalue weighted by Crippen LogP contribution is 2.16. The van der Waals surface area contributed by atoms with Crippen LogP contribution in [0.1, 0.15) is 21.7 Å². The van der Waals surface area contributed by atoms with Crippen LogP contribution in [0.25, 0.3) is 6.08 Å². The van der Waals surface area contributed by atoms with Crippen LogP contribution in [0.3, 0.4) is 0 Å². The average molecular weight is 305 g/mol. The van der Waals surface area contributed by atoms with E-state index in [9.17, 15) is 19.9 Å². The molecule has 0 unspecified atom stereocenters. The molecule has 1 heterocycles. The molecule has 0 aliphatic carbocycles. The SMILES string of the molecule is NC(=O)c1c(COC(=O)/C=C/c2ccccc2O)no[n+]1[O-]. The summed E-state index contributed by atoms with van der Waals surface area (Å²) in [5, 5.41) is 23.9. The van der Waals surface area contributed by atoms with Gasteiger partial charge in [0.1, 0.15) is 5.75 Å². The second-order valence-electron chi connectivity index (χ2n) is 4.09. The van der Waals surface area contributed by atoms with E-state index in [2.05, 4.69) is 9.79 Å². The van der Waals surface area contributed by atoms with E-state index < -0.39 is 24.2 Å². The Morgan fingerprint density at radius 2 is 2.18 bits per heavy atom. The largest absolute Gasteiger partial charge is 0.507 e. The number of phenolic OH excluding ortho intramolecular Hbond substituents is 1. The predicted octanol–water partition coefficient (Wildman–Crippen LogP) is -0.131. The van der Waals surface area contributed by atoms with Gasteiger partial charge >= 0.3 is 5.97 Å². The van der Waals surface area contributed by atoms with Crippen molar-refractivity contribution in [3.05, 3.63) is 52.5 Å². The molecule has 1 amide bonds. The Morgan fingerprint density at radius 3 is 2.86 bits per heavy atom. The van der Waals surface area contributed by atoms with Crippen molar-refractivity contribution in [1.29, 1.82) is 0 Å². The molecule has 2 aromatic rings. The zero-order chi connectivity index (χ0) is 16.1. The number of hydrogen-bond donors (Lipinski definition) is 2. The van der Waals surface area contributed by atoms with Gasteiger partial charge < -0.3 is 20.8 Å². The minimum Gasteiger partial charge on any atom is -0.507 e. The Bertz CT molecular complexity index is 737. The molecule has 0 saturated carbocycles. The molecule has 9 heteroatoms. The van der Waals surface area contributed by atoms with Crippen LogP contribution in [0.15, 0.2) is 35.0 Å². The molecule has 0 fully saturated rings. The number of esters is 1. The molecule has 1 aromatic carbocycles. The number of aromatic hydroxyl groups is 1. The summed E-state index contributed by atoms with van der Waals surface area (Å²) >= 11 is 0. The average Bonchev–Trinajstić information content (AvgIpc) is 2.85. The van der Waals surface area contributed by atoms with Gasteiger partial charge in [-0.05, 0) is 17.0 Å². The summed E-state index contributed by atoms with van der Waals surface area (Å²) in [6.45, 7) is -0.457. The van der Waals surface area contributed by atoms with E-state index in [0.717, 1.165) is 6.08 Å². The summed E-state index contributed by atoms with van der Waals surface area (Å²) < 4.78 is 9.01. The predicted molar refractivity (Wildman–Crippen MR) is 70.9 cm³/mol. The van der Waals surface area contributed by atoms with Gasteiger partial charge in [-0.3, -0.25) is 9.42 Å². The van der Waals surface area contributed by atoms with Crippen LogP contribution in [-0.4, -0.2) is 22.1 Å². The van der Waals surface area contributed by atoms with Crippen molar-refractivity contribution in [1.82, 2.24) is 5.16 Å². The van der Waals surface area contributed by atoms with Crippen LogP contribution in [0, 0.1) is 5.21 Å². The number of ether oxygens (including phenoxy) is 1. The van der Waals surface area contributed by atoms with E-state index in [4.69, 9.17) is 10.5 Å². The first kappa shape index (κ1) is 15.0. The Hall–Kier alpha value is -3.36. The number of phenols is 1. The molecule has 0 saturated heterocycles. The number of rotatable bonds is 5. The van der Waals surface area contributed by atoms with E-state index in [0.29, 0.717) is 5.56 Å². The summed E-state index contributed by atoms with van der Waals surface area (Å²) in [4.78, 5) is 22.4. The first-order chi connectivity index (χ1) is 10.5. The number of benzene rings is 1. The van der Waals surface area contributed by atoms with Crippen molar-refractivity contribution in [2.75, 3.05) is 0 Å². The lowest BCUT2D eigenvalue weighted by Gasteiger charge is -1.98. The zero-order valence-corrected chi connectivity index (χ0v) is 11.1. The highest BCUT2D eigenvalue weighted by Gasteiger charge is 2.25. The Balaban J connectivity index is 1.99. The van der Waals surface area contributed by atoms with Crippen molar-refractivity contribution in [3.63, 3.8) is 0 Å². The number of carbonyl (C=O) groups excluding carboxylic acids is 2. The number of nitrogens with zero attached hydrogens (tertiary/aromatic N) is 2. The fourth-order valence-electron chi connectivity index (χ4n) is 1.58. The third-order valence-electron chi connectivity index (χ3n) is 2.60. The molecule has 114 valence electrons. The molecule has 2 rings (SSSR count). The van der Waals surface area contributed by atoms with Crippen LogP contribution in [0.2, 0.25) is 0 Å². The second kappa shape index (κ2) is 6.39. The van der Waals surface area contributed by atoms with Crippen LogP contribution in [0.5, 0.6) is 5.75 Å². The van der Waals surface area contributed by atoms with Gasteiger partial charge in [0.15, 0.2) is 6.61 Å². The summed E-state index contributed by atoms with van der Waals surface area (Å²) in [6, 6.07) is 6.39. The molecule has 0 bridgehead atoms. The third kappa shape index (κ3) is 3.39. The van der Waals surface area contributed by atoms with Gasteiger partial charge in [-0.1, -0.05) is 18.2 Å². The molecule has 9 nitrogen and oxygen atoms in total. The number of aromatic nitrogens is 2. The smallest absolute Gasteiger partial charge is 0.331 e. The number of amides is 1. The summed E-state index contributed by atoms with van der Waals surface area (Å²) in [6.07, 6.45) is 2.42. The number of carbonyl (C=O) groups is 2. The van der Waals surface area contributed by atoms with E-state index in [1.165, 1.54) is 12.1 Å². The first-order valence-electron chi connectivity index (χ1n) is 6.00. The number of para-hydroxylation sites is 1. The molecule has 1 aromatic heterocycles. The first-order valence-corrected chi connectivity index (χ1v) is 6.00. The van der Waals surface area contributed by atoms with Crippen molar-refractivity contribution in [3.8, 4) is 5.75 Å². The monoisotopic (exact) mass is 305 g/mol. The summed E-state index contributed by atoms with van der Waals surface area (Å²) in [5.41, 5.74) is 4.68. The molecule has 0 spiro atoms. The summed E-state index contributed by atoms with van der Waals surface area (Å²) in [7, 11) is 0. The fraction of sp³-hybridized carbons (Fsp3) is 0.0769. The molecule has 0 aliphatic rings. The standard InChI is InChI=1S/C13H11N3O6/c14-13(19)12-9(15-22-16(12)20)7-21-11(18)6-5-8-3-1-2-4-10(8)17/h1-6,17H,7H2,(H2,14,19)/b6-5+. The fourth-order valence-corrected chi connectivity index (χ4v) is 1.58. The van der Waals surface area contributed by atoms with Gasteiger partial charge in [-0.2, -0.15) is 0 Å². The lowest BCUT2D eigenvalue weighted by molar-refractivity contribution is -0.803. The quantitative estimate of drug-likeness (QED) is 0.445. The van der Waals surface area contributed by atoms with Crippen molar-refractivity contribution < 1.29 is 29.0 Å². The van der Waals surface area contributed by atoms with E-state index >= 15 is 0 Å². The topological polar surface area (TPSA) is 143 Å². The van der Waals surface area contributed by atoms with Gasteiger partial charge in [-0.15, -0.1) is 0 Å². The highest BCUT2D eigenvalue weighted by molar-refractivity contribution is 5.90. The van der Waals surface area contributed by atoms with E-state index in [-0.39, 0.29) is 16.3 Å². The third-order valence-corrected chi connectivity index (χ3v) is 2.60. The minimum absolute atomic E-state index is 0.00598. The van der Waals surface area contributed by atoms with Gasteiger partial charge in [0.2, 0.25) is 0 Å². The number of primary amides is 1. The minimum atomic E-state index is -1.05. The molecule has 3 N–H and O–H groups in total. The molecular weight excluding hydrogens is 294 g/mol. The van der Waals surface area contributed by atoms with Gasteiger partial charge in [-0.25, -0.2) is 4.79 Å². The van der Waals surface area contributed by atoms with Crippen LogP contribution in [-0.2, 0) is 16.1 Å². The van der Waals surface area contributed by atoms with Crippen molar-refractivity contribution >= 4 is 18.0 Å².